The molecule has 1 aliphatic heterocycles. The van der Waals surface area contributed by atoms with Crippen LogP contribution in [0.3, 0.4) is 0 Å². The summed E-state index contributed by atoms with van der Waals surface area (Å²) in [5.41, 5.74) is 5.83. The van der Waals surface area contributed by atoms with E-state index in [4.69, 9.17) is 5.73 Å². The number of hydrogen-bond donors (Lipinski definition) is 3. The van der Waals surface area contributed by atoms with Crippen molar-refractivity contribution in [2.45, 2.75) is 31.7 Å². The number of amides is 2. The number of H-pyrrole nitrogens is 1. The SMILES string of the molecule is Cl.NCCC(=O)NCC1CCCCN1C(=O)c1ccn[nH]1. The summed E-state index contributed by atoms with van der Waals surface area (Å²) < 4.78 is 0. The lowest BCUT2D eigenvalue weighted by atomic mass is 10.0. The molecule has 1 aliphatic rings. The highest BCUT2D eigenvalue weighted by Crippen LogP contribution is 2.18. The smallest absolute Gasteiger partial charge is 0.272 e. The van der Waals surface area contributed by atoms with Crippen LogP contribution < -0.4 is 11.1 Å². The number of carbonyl (C=O) groups excluding carboxylic acids is 2. The van der Waals surface area contributed by atoms with Crippen molar-refractivity contribution in [1.29, 1.82) is 0 Å². The summed E-state index contributed by atoms with van der Waals surface area (Å²) in [6, 6.07) is 1.71. The maximum atomic E-state index is 12.4. The maximum absolute atomic E-state index is 12.4. The van der Waals surface area contributed by atoms with E-state index < -0.39 is 0 Å². The Kier molecular flexibility index (Phi) is 7.18. The molecule has 118 valence electrons. The van der Waals surface area contributed by atoms with E-state index in [1.165, 1.54) is 0 Å². The van der Waals surface area contributed by atoms with Crippen LogP contribution in [0.5, 0.6) is 0 Å². The highest BCUT2D eigenvalue weighted by molar-refractivity contribution is 5.92. The van der Waals surface area contributed by atoms with E-state index in [1.807, 2.05) is 4.90 Å². The number of aromatic amines is 1. The van der Waals surface area contributed by atoms with Gasteiger partial charge in [-0.1, -0.05) is 0 Å². The van der Waals surface area contributed by atoms with Gasteiger partial charge in [-0.3, -0.25) is 14.7 Å². The third-order valence-electron chi connectivity index (χ3n) is 3.53. The normalized spacial score (nSPS) is 18.0. The average Bonchev–Trinajstić information content (AvgIpc) is 2.99. The molecule has 1 saturated heterocycles. The molecular formula is C13H22ClN5O2. The largest absolute Gasteiger partial charge is 0.354 e. The molecule has 1 aromatic rings. The maximum Gasteiger partial charge on any atom is 0.272 e. The average molecular weight is 316 g/mol. The molecule has 0 spiro atoms. The Hall–Kier alpha value is -1.60. The first-order valence-corrected chi connectivity index (χ1v) is 6.99. The van der Waals surface area contributed by atoms with Gasteiger partial charge >= 0.3 is 0 Å². The third kappa shape index (κ3) is 4.71. The van der Waals surface area contributed by atoms with Crippen LogP contribution in [0.4, 0.5) is 0 Å². The predicted octanol–water partition coefficient (Wildman–Crippen LogP) is 0.291. The molecule has 7 nitrogen and oxygen atoms in total. The molecule has 21 heavy (non-hydrogen) atoms. The Bertz CT molecular complexity index is 451. The molecule has 0 radical (unpaired) electrons. The fourth-order valence-corrected chi connectivity index (χ4v) is 2.46. The molecule has 1 atom stereocenters. The molecule has 1 aromatic heterocycles. The first-order chi connectivity index (χ1) is 9.72. The predicted molar refractivity (Wildman–Crippen MR) is 81.2 cm³/mol. The molecule has 1 fully saturated rings. The summed E-state index contributed by atoms with van der Waals surface area (Å²) in [6.45, 7) is 1.54. The Balaban J connectivity index is 0.00000220. The van der Waals surface area contributed by atoms with Crippen LogP contribution in [0, 0.1) is 0 Å². The lowest BCUT2D eigenvalue weighted by Crippen LogP contribution is -2.49. The number of aromatic nitrogens is 2. The summed E-state index contributed by atoms with van der Waals surface area (Å²) in [7, 11) is 0. The van der Waals surface area contributed by atoms with Crippen LogP contribution >= 0.6 is 12.4 Å². The number of hydrogen-bond acceptors (Lipinski definition) is 4. The van der Waals surface area contributed by atoms with Crippen molar-refractivity contribution in [1.82, 2.24) is 20.4 Å². The fourth-order valence-electron chi connectivity index (χ4n) is 2.46. The number of nitrogens with zero attached hydrogens (tertiary/aromatic N) is 2. The highest BCUT2D eigenvalue weighted by Gasteiger charge is 2.28. The number of nitrogens with one attached hydrogen (secondary N) is 2. The molecule has 2 amide bonds. The van der Waals surface area contributed by atoms with Crippen molar-refractivity contribution < 1.29 is 9.59 Å². The van der Waals surface area contributed by atoms with Crippen molar-refractivity contribution in [2.24, 2.45) is 5.73 Å². The Labute approximate surface area is 130 Å². The fraction of sp³-hybridized carbons (Fsp3) is 0.615. The van der Waals surface area contributed by atoms with Crippen LogP contribution in [0.25, 0.3) is 0 Å². The molecule has 2 heterocycles. The number of rotatable bonds is 5. The molecule has 2 rings (SSSR count). The number of likely N-dealkylation sites (tertiary alicyclic amines) is 1. The Morgan fingerprint density at radius 2 is 2.29 bits per heavy atom. The number of carbonyl (C=O) groups is 2. The number of halogens is 1. The molecule has 0 bridgehead atoms. The van der Waals surface area contributed by atoms with Crippen LogP contribution in [-0.2, 0) is 4.79 Å². The van der Waals surface area contributed by atoms with Gasteiger partial charge in [-0.05, 0) is 25.3 Å². The minimum absolute atomic E-state index is 0. The van der Waals surface area contributed by atoms with Crippen LogP contribution in [-0.4, -0.2) is 52.6 Å². The van der Waals surface area contributed by atoms with Crippen LogP contribution in [0.2, 0.25) is 0 Å². The van der Waals surface area contributed by atoms with Gasteiger partial charge in [0.1, 0.15) is 5.69 Å². The van der Waals surface area contributed by atoms with E-state index in [9.17, 15) is 9.59 Å². The molecule has 0 aromatic carbocycles. The van der Waals surface area contributed by atoms with Gasteiger partial charge in [-0.15, -0.1) is 12.4 Å². The van der Waals surface area contributed by atoms with Crippen molar-refractivity contribution in [3.63, 3.8) is 0 Å². The van der Waals surface area contributed by atoms with Crippen molar-refractivity contribution in [3.8, 4) is 0 Å². The minimum Gasteiger partial charge on any atom is -0.354 e. The lowest BCUT2D eigenvalue weighted by molar-refractivity contribution is -0.121. The highest BCUT2D eigenvalue weighted by atomic mass is 35.5. The van der Waals surface area contributed by atoms with E-state index >= 15 is 0 Å². The molecule has 0 saturated carbocycles. The Morgan fingerprint density at radius 3 is 2.95 bits per heavy atom. The second-order valence-corrected chi connectivity index (χ2v) is 4.96. The van der Waals surface area contributed by atoms with Gasteiger partial charge in [0.2, 0.25) is 5.91 Å². The van der Waals surface area contributed by atoms with Gasteiger partial charge < -0.3 is 16.0 Å². The second kappa shape index (κ2) is 8.63. The zero-order valence-corrected chi connectivity index (χ0v) is 12.7. The van der Waals surface area contributed by atoms with Crippen molar-refractivity contribution >= 4 is 24.2 Å². The third-order valence-corrected chi connectivity index (χ3v) is 3.53. The summed E-state index contributed by atoms with van der Waals surface area (Å²) in [5, 5.41) is 9.35. The van der Waals surface area contributed by atoms with E-state index in [2.05, 4.69) is 15.5 Å². The minimum atomic E-state index is -0.0630. The first-order valence-electron chi connectivity index (χ1n) is 6.99. The topological polar surface area (TPSA) is 104 Å². The second-order valence-electron chi connectivity index (χ2n) is 4.96. The van der Waals surface area contributed by atoms with E-state index in [1.54, 1.807) is 12.3 Å². The van der Waals surface area contributed by atoms with E-state index in [0.717, 1.165) is 25.8 Å². The first kappa shape index (κ1) is 17.5. The number of piperidine rings is 1. The monoisotopic (exact) mass is 315 g/mol. The lowest BCUT2D eigenvalue weighted by Gasteiger charge is -2.35. The zero-order chi connectivity index (χ0) is 14.4. The van der Waals surface area contributed by atoms with Gasteiger partial charge in [0, 0.05) is 38.3 Å². The van der Waals surface area contributed by atoms with E-state index in [0.29, 0.717) is 25.2 Å². The van der Waals surface area contributed by atoms with Gasteiger partial charge in [0.05, 0.1) is 0 Å². The van der Waals surface area contributed by atoms with Gasteiger partial charge in [0.15, 0.2) is 0 Å². The van der Waals surface area contributed by atoms with Crippen LogP contribution in [0.1, 0.15) is 36.2 Å². The molecular weight excluding hydrogens is 294 g/mol. The van der Waals surface area contributed by atoms with E-state index in [-0.39, 0.29) is 30.3 Å². The number of nitrogens with two attached hydrogens (primary N) is 1. The molecule has 4 N–H and O–H groups in total. The van der Waals surface area contributed by atoms with Crippen LogP contribution in [0.15, 0.2) is 12.3 Å². The summed E-state index contributed by atoms with van der Waals surface area (Å²) in [5.74, 6) is -0.118. The molecule has 1 unspecified atom stereocenters. The Morgan fingerprint density at radius 1 is 1.48 bits per heavy atom. The zero-order valence-electron chi connectivity index (χ0n) is 11.9. The quantitative estimate of drug-likeness (QED) is 0.726. The van der Waals surface area contributed by atoms with Gasteiger partial charge in [0.25, 0.3) is 5.91 Å². The molecule has 8 heteroatoms. The molecule has 0 aliphatic carbocycles. The standard InChI is InChI=1S/C13H21N5O2.ClH/c14-6-4-12(19)15-9-10-3-1-2-8-18(10)13(20)11-5-7-16-17-11;/h5,7,10H,1-4,6,8-9,14H2,(H,15,19)(H,16,17);1H. The van der Waals surface area contributed by atoms with Crippen molar-refractivity contribution in [2.75, 3.05) is 19.6 Å². The van der Waals surface area contributed by atoms with Gasteiger partial charge in [-0.25, -0.2) is 0 Å². The summed E-state index contributed by atoms with van der Waals surface area (Å²) in [4.78, 5) is 25.7. The summed E-state index contributed by atoms with van der Waals surface area (Å²) >= 11 is 0. The van der Waals surface area contributed by atoms with Gasteiger partial charge in [-0.2, -0.15) is 5.10 Å². The summed E-state index contributed by atoms with van der Waals surface area (Å²) in [6.07, 6.45) is 4.86. The van der Waals surface area contributed by atoms with Crippen molar-refractivity contribution in [3.05, 3.63) is 18.0 Å².